The minimum atomic E-state index is -1.07. The van der Waals surface area contributed by atoms with Crippen molar-refractivity contribution in [3.63, 3.8) is 0 Å². The van der Waals surface area contributed by atoms with E-state index in [1.165, 1.54) is 13.1 Å². The zero-order chi connectivity index (χ0) is 12.8. The Morgan fingerprint density at radius 3 is 2.71 bits per heavy atom. The topological polar surface area (TPSA) is 84.9 Å². The summed E-state index contributed by atoms with van der Waals surface area (Å²) in [7, 11) is 1.44. The zero-order valence-corrected chi connectivity index (χ0v) is 9.52. The van der Waals surface area contributed by atoms with E-state index in [2.05, 4.69) is 5.32 Å². The minimum Gasteiger partial charge on any atom is -0.481 e. The molecule has 0 unspecified atom stereocenters. The number of aryl methyl sites for hydroxylation is 1. The van der Waals surface area contributed by atoms with Crippen LogP contribution in [0.25, 0.3) is 0 Å². The Bertz CT molecular complexity index is 430. The first-order chi connectivity index (χ1) is 8.02. The predicted octanol–water partition coefficient (Wildman–Crippen LogP) is 1.18. The summed E-state index contributed by atoms with van der Waals surface area (Å²) in [5.74, 6) is -0.411. The molecular formula is C11H13NO5. The summed E-state index contributed by atoms with van der Waals surface area (Å²) in [6.07, 6.45) is -0.599. The number of carboxylic acids is 1. The Kier molecular flexibility index (Phi) is 4.33. The third-order valence-electron chi connectivity index (χ3n) is 1.93. The molecule has 0 aromatic heterocycles. The lowest BCUT2D eigenvalue weighted by Crippen LogP contribution is -2.22. The smallest absolute Gasteiger partial charge is 0.412 e. The van der Waals surface area contributed by atoms with Crippen LogP contribution in [0.15, 0.2) is 18.2 Å². The number of amides is 1. The van der Waals surface area contributed by atoms with E-state index in [1.54, 1.807) is 19.1 Å². The van der Waals surface area contributed by atoms with Crippen molar-refractivity contribution in [2.75, 3.05) is 13.7 Å². The van der Waals surface area contributed by atoms with Crippen molar-refractivity contribution >= 4 is 12.1 Å². The maximum Gasteiger partial charge on any atom is 0.412 e. The van der Waals surface area contributed by atoms with Crippen LogP contribution in [0.1, 0.15) is 5.56 Å². The molecule has 1 rings (SSSR count). The van der Waals surface area contributed by atoms with Crippen molar-refractivity contribution in [3.8, 4) is 11.5 Å². The van der Waals surface area contributed by atoms with Crippen molar-refractivity contribution < 1.29 is 24.2 Å². The summed E-state index contributed by atoms with van der Waals surface area (Å²) in [4.78, 5) is 21.3. The van der Waals surface area contributed by atoms with Gasteiger partial charge in [-0.3, -0.25) is 0 Å². The van der Waals surface area contributed by atoms with E-state index in [1.807, 2.05) is 0 Å². The fourth-order valence-corrected chi connectivity index (χ4v) is 1.10. The Balaban J connectivity index is 2.78. The van der Waals surface area contributed by atoms with Crippen LogP contribution in [0.5, 0.6) is 11.5 Å². The third-order valence-corrected chi connectivity index (χ3v) is 1.93. The lowest BCUT2D eigenvalue weighted by molar-refractivity contribution is -0.139. The number of aliphatic carboxylic acids is 1. The van der Waals surface area contributed by atoms with E-state index in [0.29, 0.717) is 5.75 Å². The normalized spacial score (nSPS) is 9.53. The molecule has 0 saturated carbocycles. The second kappa shape index (κ2) is 5.74. The summed E-state index contributed by atoms with van der Waals surface area (Å²) in [6, 6.07) is 4.74. The van der Waals surface area contributed by atoms with Gasteiger partial charge in [0.1, 0.15) is 11.5 Å². The van der Waals surface area contributed by atoms with Crippen LogP contribution >= 0.6 is 0 Å². The standard InChI is InChI=1S/C11H13NO5/c1-7-3-4-8(17-11(15)12-2)5-9(7)16-6-10(13)14/h3-5H,6H2,1-2H3,(H,12,15)(H,13,14). The molecule has 0 atom stereocenters. The number of nitrogens with one attached hydrogen (secondary N) is 1. The highest BCUT2D eigenvalue weighted by atomic mass is 16.6. The first-order valence-corrected chi connectivity index (χ1v) is 4.87. The molecule has 6 nitrogen and oxygen atoms in total. The van der Waals surface area contributed by atoms with Gasteiger partial charge >= 0.3 is 12.1 Å². The van der Waals surface area contributed by atoms with Crippen molar-refractivity contribution in [2.45, 2.75) is 6.92 Å². The molecule has 17 heavy (non-hydrogen) atoms. The molecule has 92 valence electrons. The van der Waals surface area contributed by atoms with Crippen LogP contribution in [0.2, 0.25) is 0 Å². The van der Waals surface area contributed by atoms with Crippen LogP contribution in [-0.2, 0) is 4.79 Å². The molecule has 0 aliphatic heterocycles. The van der Waals surface area contributed by atoms with Gasteiger partial charge in [-0.15, -0.1) is 0 Å². The highest BCUT2D eigenvalue weighted by Gasteiger charge is 2.07. The molecule has 6 heteroatoms. The summed E-state index contributed by atoms with van der Waals surface area (Å²) in [6.45, 7) is 1.32. The third kappa shape index (κ3) is 4.02. The monoisotopic (exact) mass is 239 g/mol. The summed E-state index contributed by atoms with van der Waals surface area (Å²) < 4.78 is 9.93. The average Bonchev–Trinajstić information content (AvgIpc) is 2.29. The molecule has 0 spiro atoms. The van der Waals surface area contributed by atoms with Crippen LogP contribution in [0.4, 0.5) is 4.79 Å². The van der Waals surface area contributed by atoms with Gasteiger partial charge in [-0.25, -0.2) is 9.59 Å². The van der Waals surface area contributed by atoms with Gasteiger partial charge in [0.2, 0.25) is 0 Å². The minimum absolute atomic E-state index is 0.287. The Labute approximate surface area is 98.2 Å². The van der Waals surface area contributed by atoms with E-state index in [-0.39, 0.29) is 5.75 Å². The van der Waals surface area contributed by atoms with E-state index in [9.17, 15) is 9.59 Å². The molecule has 0 aliphatic rings. The Hall–Kier alpha value is -2.24. The molecule has 1 aromatic carbocycles. The molecule has 0 bridgehead atoms. The lowest BCUT2D eigenvalue weighted by atomic mass is 10.2. The molecule has 0 saturated heterocycles. The first-order valence-electron chi connectivity index (χ1n) is 4.87. The van der Waals surface area contributed by atoms with Crippen molar-refractivity contribution in [1.29, 1.82) is 0 Å². The van der Waals surface area contributed by atoms with Gasteiger partial charge in [-0.05, 0) is 18.6 Å². The van der Waals surface area contributed by atoms with Gasteiger partial charge in [-0.2, -0.15) is 0 Å². The summed E-state index contributed by atoms with van der Waals surface area (Å²) in [5.41, 5.74) is 0.760. The van der Waals surface area contributed by atoms with Crippen LogP contribution in [-0.4, -0.2) is 30.8 Å². The predicted molar refractivity (Wildman–Crippen MR) is 59.4 cm³/mol. The number of hydrogen-bond donors (Lipinski definition) is 2. The molecule has 0 aliphatic carbocycles. The molecule has 0 fully saturated rings. The van der Waals surface area contributed by atoms with Crippen LogP contribution < -0.4 is 14.8 Å². The van der Waals surface area contributed by atoms with Gasteiger partial charge in [-0.1, -0.05) is 6.07 Å². The van der Waals surface area contributed by atoms with Crippen molar-refractivity contribution in [1.82, 2.24) is 5.32 Å². The average molecular weight is 239 g/mol. The van der Waals surface area contributed by atoms with E-state index in [4.69, 9.17) is 14.6 Å². The van der Waals surface area contributed by atoms with Gasteiger partial charge in [0.05, 0.1) is 0 Å². The molecular weight excluding hydrogens is 226 g/mol. The molecule has 0 heterocycles. The molecule has 2 N–H and O–H groups in total. The van der Waals surface area contributed by atoms with Crippen molar-refractivity contribution in [2.24, 2.45) is 0 Å². The quantitative estimate of drug-likeness (QED) is 0.824. The lowest BCUT2D eigenvalue weighted by Gasteiger charge is -2.09. The van der Waals surface area contributed by atoms with Gasteiger partial charge in [0.25, 0.3) is 0 Å². The maximum atomic E-state index is 11.0. The Morgan fingerprint density at radius 2 is 2.12 bits per heavy atom. The summed E-state index contributed by atoms with van der Waals surface area (Å²) >= 11 is 0. The zero-order valence-electron chi connectivity index (χ0n) is 9.52. The number of carboxylic acid groups (broad SMARTS) is 1. The SMILES string of the molecule is CNC(=O)Oc1ccc(C)c(OCC(=O)O)c1. The number of ether oxygens (including phenoxy) is 2. The summed E-state index contributed by atoms with van der Waals surface area (Å²) in [5, 5.41) is 10.8. The second-order valence-corrected chi connectivity index (χ2v) is 3.25. The van der Waals surface area contributed by atoms with Crippen LogP contribution in [0.3, 0.4) is 0 Å². The number of carbonyl (C=O) groups excluding carboxylic acids is 1. The highest BCUT2D eigenvalue weighted by molar-refractivity contribution is 5.70. The second-order valence-electron chi connectivity index (χ2n) is 3.25. The largest absolute Gasteiger partial charge is 0.481 e. The van der Waals surface area contributed by atoms with Gasteiger partial charge in [0.15, 0.2) is 6.61 Å². The van der Waals surface area contributed by atoms with Gasteiger partial charge < -0.3 is 19.9 Å². The number of benzene rings is 1. The van der Waals surface area contributed by atoms with E-state index >= 15 is 0 Å². The number of carbonyl (C=O) groups is 2. The molecule has 1 aromatic rings. The number of hydrogen-bond acceptors (Lipinski definition) is 4. The number of rotatable bonds is 4. The highest BCUT2D eigenvalue weighted by Crippen LogP contribution is 2.24. The fourth-order valence-electron chi connectivity index (χ4n) is 1.10. The van der Waals surface area contributed by atoms with Gasteiger partial charge in [0, 0.05) is 13.1 Å². The van der Waals surface area contributed by atoms with E-state index in [0.717, 1.165) is 5.56 Å². The fraction of sp³-hybridized carbons (Fsp3) is 0.273. The van der Waals surface area contributed by atoms with Crippen molar-refractivity contribution in [3.05, 3.63) is 23.8 Å². The first kappa shape index (κ1) is 12.8. The molecule has 1 amide bonds. The van der Waals surface area contributed by atoms with Crippen LogP contribution in [0, 0.1) is 6.92 Å². The Morgan fingerprint density at radius 1 is 1.41 bits per heavy atom. The van der Waals surface area contributed by atoms with E-state index < -0.39 is 18.7 Å². The molecule has 0 radical (unpaired) electrons. The maximum absolute atomic E-state index is 11.0.